The predicted molar refractivity (Wildman–Crippen MR) is 57.1 cm³/mol. The van der Waals surface area contributed by atoms with Gasteiger partial charge in [-0.1, -0.05) is 18.2 Å². The molecule has 0 spiro atoms. The van der Waals surface area contributed by atoms with Crippen molar-refractivity contribution in [2.24, 2.45) is 0 Å². The first-order valence-corrected chi connectivity index (χ1v) is 5.36. The van der Waals surface area contributed by atoms with E-state index in [2.05, 4.69) is 18.2 Å². The van der Waals surface area contributed by atoms with Crippen LogP contribution >= 0.6 is 0 Å². The van der Waals surface area contributed by atoms with Crippen LogP contribution in [0.25, 0.3) is 0 Å². The Morgan fingerprint density at radius 3 is 2.93 bits per heavy atom. The van der Waals surface area contributed by atoms with Gasteiger partial charge in [-0.3, -0.25) is 4.79 Å². The number of rotatable bonds is 4. The monoisotopic (exact) mass is 187 g/mol. The minimum absolute atomic E-state index is 0.567. The Bertz CT molecular complexity index is 328. The van der Waals surface area contributed by atoms with Crippen LogP contribution in [0, 0.1) is 0 Å². The first-order chi connectivity index (χ1) is 6.90. The summed E-state index contributed by atoms with van der Waals surface area (Å²) in [4.78, 5) is 10.1. The van der Waals surface area contributed by atoms with Gasteiger partial charge in [-0.05, 0) is 48.8 Å². The highest BCUT2D eigenvalue weighted by Gasteiger charge is 2.10. The molecule has 0 bridgehead atoms. The largest absolute Gasteiger partial charge is 0.291 e. The molecule has 0 saturated carbocycles. The van der Waals surface area contributed by atoms with Crippen molar-refractivity contribution in [2.45, 2.75) is 38.5 Å². The molecule has 1 aliphatic carbocycles. The molecular weight excluding hydrogens is 172 g/mol. The highest BCUT2D eigenvalue weighted by Crippen LogP contribution is 2.23. The second-order valence-electron chi connectivity index (χ2n) is 3.95. The minimum Gasteiger partial charge on any atom is -0.291 e. The Morgan fingerprint density at radius 1 is 1.21 bits per heavy atom. The molecule has 14 heavy (non-hydrogen) atoms. The van der Waals surface area contributed by atoms with Gasteiger partial charge in [0.2, 0.25) is 0 Å². The Balaban J connectivity index is 2.01. The molecule has 0 atom stereocenters. The molecule has 0 fully saturated rings. The van der Waals surface area contributed by atoms with Gasteiger partial charge >= 0.3 is 0 Å². The fourth-order valence-electron chi connectivity index (χ4n) is 2.15. The summed E-state index contributed by atoms with van der Waals surface area (Å²) in [6.07, 6.45) is 8.25. The van der Waals surface area contributed by atoms with E-state index in [0.29, 0.717) is 6.42 Å². The average Bonchev–Trinajstić information content (AvgIpc) is 2.65. The van der Waals surface area contributed by atoms with Gasteiger partial charge in [0, 0.05) is 6.42 Å². The lowest BCUT2D eigenvalue weighted by Gasteiger charge is -2.03. The molecule has 73 valence electrons. The van der Waals surface area contributed by atoms with Crippen molar-refractivity contribution in [2.75, 3.05) is 0 Å². The van der Waals surface area contributed by atoms with E-state index in [4.69, 9.17) is 0 Å². The van der Waals surface area contributed by atoms with Crippen LogP contribution in [0.1, 0.15) is 36.0 Å². The zero-order valence-corrected chi connectivity index (χ0v) is 8.38. The lowest BCUT2D eigenvalue weighted by atomic mass is 10.0. The molecule has 0 aliphatic heterocycles. The van der Waals surface area contributed by atoms with Crippen molar-refractivity contribution in [3.8, 4) is 0 Å². The average molecular weight is 187 g/mol. The summed E-state index contributed by atoms with van der Waals surface area (Å²) in [5, 5.41) is 0. The lowest BCUT2D eigenvalue weighted by Crippen LogP contribution is -1.89. The molecular formula is C13H15O. The van der Waals surface area contributed by atoms with Crippen LogP contribution in [0.5, 0.6) is 0 Å². The highest BCUT2D eigenvalue weighted by atomic mass is 16.1. The molecule has 0 unspecified atom stereocenters. The number of unbranched alkanes of at least 4 members (excludes halogenated alkanes) is 1. The van der Waals surface area contributed by atoms with Crippen LogP contribution in [-0.2, 0) is 24.1 Å². The third kappa shape index (κ3) is 2.03. The topological polar surface area (TPSA) is 17.1 Å². The fraction of sp³-hybridized carbons (Fsp3) is 0.462. The van der Waals surface area contributed by atoms with E-state index in [-0.39, 0.29) is 0 Å². The number of aryl methyl sites for hydroxylation is 3. The van der Waals surface area contributed by atoms with E-state index in [9.17, 15) is 4.79 Å². The summed E-state index contributed by atoms with van der Waals surface area (Å²) in [5.41, 5.74) is 4.43. The Morgan fingerprint density at radius 2 is 2.07 bits per heavy atom. The van der Waals surface area contributed by atoms with Crippen LogP contribution < -0.4 is 0 Å². The fourth-order valence-corrected chi connectivity index (χ4v) is 2.15. The SMILES string of the molecule is O=[C]CCCc1ccc2c(c1)CCC2. The molecule has 0 heterocycles. The van der Waals surface area contributed by atoms with Gasteiger partial charge < -0.3 is 0 Å². The minimum atomic E-state index is 0.567. The maximum atomic E-state index is 10.1. The smallest absolute Gasteiger partial charge is 0.198 e. The van der Waals surface area contributed by atoms with Crippen LogP contribution in [-0.4, -0.2) is 6.29 Å². The molecule has 2 rings (SSSR count). The third-order valence-electron chi connectivity index (χ3n) is 2.91. The molecule has 0 N–H and O–H groups in total. The summed E-state index contributed by atoms with van der Waals surface area (Å²) >= 11 is 0. The molecule has 1 heteroatoms. The normalized spacial score (nSPS) is 14.0. The van der Waals surface area contributed by atoms with E-state index < -0.39 is 0 Å². The van der Waals surface area contributed by atoms with Gasteiger partial charge in [0.25, 0.3) is 0 Å². The summed E-state index contributed by atoms with van der Waals surface area (Å²) in [6, 6.07) is 6.77. The van der Waals surface area contributed by atoms with Crippen LogP contribution in [0.15, 0.2) is 18.2 Å². The molecule has 1 aromatic carbocycles. The maximum Gasteiger partial charge on any atom is 0.198 e. The number of benzene rings is 1. The van der Waals surface area contributed by atoms with Crippen LogP contribution in [0.2, 0.25) is 0 Å². The maximum absolute atomic E-state index is 10.1. The van der Waals surface area contributed by atoms with Crippen molar-refractivity contribution in [1.29, 1.82) is 0 Å². The van der Waals surface area contributed by atoms with Crippen molar-refractivity contribution in [1.82, 2.24) is 0 Å². The highest BCUT2D eigenvalue weighted by molar-refractivity contribution is 5.50. The van der Waals surface area contributed by atoms with E-state index in [1.54, 1.807) is 0 Å². The van der Waals surface area contributed by atoms with E-state index >= 15 is 0 Å². The van der Waals surface area contributed by atoms with Crippen molar-refractivity contribution >= 4 is 6.29 Å². The number of fused-ring (bicyclic) bond motifs is 1. The lowest BCUT2D eigenvalue weighted by molar-refractivity contribution is 0.548. The van der Waals surface area contributed by atoms with Gasteiger partial charge in [0.1, 0.15) is 0 Å². The Hall–Kier alpha value is -1.11. The van der Waals surface area contributed by atoms with Crippen LogP contribution in [0.3, 0.4) is 0 Å². The standard InChI is InChI=1S/C13H15O/c14-9-2-1-4-11-7-8-12-5-3-6-13(12)10-11/h7-8,10H,1-6H2. The number of carbonyl (C=O) groups excluding carboxylic acids is 1. The third-order valence-corrected chi connectivity index (χ3v) is 2.91. The predicted octanol–water partition coefficient (Wildman–Crippen LogP) is 2.61. The quantitative estimate of drug-likeness (QED) is 0.662. The van der Waals surface area contributed by atoms with Gasteiger partial charge in [-0.2, -0.15) is 0 Å². The van der Waals surface area contributed by atoms with E-state index in [1.807, 2.05) is 6.29 Å². The summed E-state index contributed by atoms with van der Waals surface area (Å²) < 4.78 is 0. The second kappa shape index (κ2) is 4.41. The van der Waals surface area contributed by atoms with Gasteiger partial charge in [-0.15, -0.1) is 0 Å². The summed E-state index contributed by atoms with van der Waals surface area (Å²) in [6.45, 7) is 0. The van der Waals surface area contributed by atoms with Gasteiger partial charge in [0.05, 0.1) is 0 Å². The van der Waals surface area contributed by atoms with Gasteiger partial charge in [0.15, 0.2) is 6.29 Å². The number of hydrogen-bond acceptors (Lipinski definition) is 1. The molecule has 1 aromatic rings. The summed E-state index contributed by atoms with van der Waals surface area (Å²) in [5.74, 6) is 0. The molecule has 1 radical (unpaired) electrons. The van der Waals surface area contributed by atoms with Crippen molar-refractivity contribution < 1.29 is 4.79 Å². The van der Waals surface area contributed by atoms with E-state index in [0.717, 1.165) is 12.8 Å². The van der Waals surface area contributed by atoms with Crippen LogP contribution in [0.4, 0.5) is 0 Å². The Labute approximate surface area is 85.1 Å². The molecule has 0 aromatic heterocycles. The Kier molecular flexibility index (Phi) is 2.97. The summed E-state index contributed by atoms with van der Waals surface area (Å²) in [7, 11) is 0. The second-order valence-corrected chi connectivity index (χ2v) is 3.95. The molecule has 0 amide bonds. The number of hydrogen-bond donors (Lipinski definition) is 0. The first-order valence-electron chi connectivity index (χ1n) is 5.36. The zero-order valence-electron chi connectivity index (χ0n) is 8.38. The molecule has 1 nitrogen and oxygen atoms in total. The first kappa shape index (κ1) is 9.45. The molecule has 1 aliphatic rings. The van der Waals surface area contributed by atoms with E-state index in [1.165, 1.54) is 36.0 Å². The molecule has 0 saturated heterocycles. The zero-order chi connectivity index (χ0) is 9.80. The van der Waals surface area contributed by atoms with Crippen molar-refractivity contribution in [3.05, 3.63) is 34.9 Å². The van der Waals surface area contributed by atoms with Crippen molar-refractivity contribution in [3.63, 3.8) is 0 Å². The van der Waals surface area contributed by atoms with Gasteiger partial charge in [-0.25, -0.2) is 0 Å².